The summed E-state index contributed by atoms with van der Waals surface area (Å²) in [5, 5.41) is 0. The van der Waals surface area contributed by atoms with Crippen molar-refractivity contribution < 1.29 is 22.1 Å². The number of hydrogen-bond donors (Lipinski definition) is 0. The molecule has 0 radical (unpaired) electrons. The molecule has 1 atom stereocenters. The number of rotatable bonds is 1. The summed E-state index contributed by atoms with van der Waals surface area (Å²) in [7, 11) is -2.91. The molecule has 1 aromatic carbocycles. The molecule has 1 aliphatic rings. The molecule has 2 rings (SSSR count). The van der Waals surface area contributed by atoms with Gasteiger partial charge in [0.05, 0.1) is 13.7 Å². The van der Waals surface area contributed by atoms with Crippen LogP contribution in [-0.2, 0) is 19.2 Å². The van der Waals surface area contributed by atoms with E-state index in [-0.39, 0.29) is 6.61 Å². The van der Waals surface area contributed by atoms with Crippen LogP contribution in [0, 0.1) is 0 Å². The minimum Gasteiger partial charge on any atom is -0.452 e. The molecular formula is C10H11NO5S. The Labute approximate surface area is 99.0 Å². The third kappa shape index (κ3) is 2.11. The molecule has 0 aromatic heterocycles. The predicted molar refractivity (Wildman–Crippen MR) is 58.3 cm³/mol. The molecule has 1 amide bonds. The lowest BCUT2D eigenvalue weighted by Crippen LogP contribution is -2.34. The number of amides is 1. The van der Waals surface area contributed by atoms with Crippen molar-refractivity contribution in [1.29, 1.82) is 0 Å². The van der Waals surface area contributed by atoms with Gasteiger partial charge in [0.1, 0.15) is 6.04 Å². The van der Waals surface area contributed by atoms with Crippen molar-refractivity contribution >= 4 is 16.4 Å². The fourth-order valence-corrected chi connectivity index (χ4v) is 2.81. The van der Waals surface area contributed by atoms with E-state index in [4.69, 9.17) is 0 Å². The van der Waals surface area contributed by atoms with Gasteiger partial charge < -0.3 is 4.74 Å². The van der Waals surface area contributed by atoms with E-state index in [1.54, 1.807) is 30.3 Å². The first-order chi connectivity index (χ1) is 8.06. The van der Waals surface area contributed by atoms with Gasteiger partial charge in [0.25, 0.3) is 0 Å². The monoisotopic (exact) mass is 257 g/mol. The Bertz CT molecular complexity index is 513. The number of carbonyl (C=O) groups is 1. The van der Waals surface area contributed by atoms with Crippen molar-refractivity contribution in [3.63, 3.8) is 0 Å². The maximum absolute atomic E-state index is 11.5. The number of carbonyl (C=O) groups excluding carboxylic acids is 1. The van der Waals surface area contributed by atoms with Gasteiger partial charge in [-0.3, -0.25) is 4.18 Å². The van der Waals surface area contributed by atoms with Crippen LogP contribution in [0.5, 0.6) is 0 Å². The second-order valence-corrected chi connectivity index (χ2v) is 4.92. The molecule has 17 heavy (non-hydrogen) atoms. The minimum atomic E-state index is -4.04. The van der Waals surface area contributed by atoms with Gasteiger partial charge in [-0.05, 0) is 5.56 Å². The van der Waals surface area contributed by atoms with Crippen LogP contribution in [0.4, 0.5) is 4.79 Å². The lowest BCUT2D eigenvalue weighted by atomic mass is 10.1. The van der Waals surface area contributed by atoms with Crippen molar-refractivity contribution in [2.24, 2.45) is 0 Å². The highest BCUT2D eigenvalue weighted by molar-refractivity contribution is 7.85. The maximum atomic E-state index is 11.5. The van der Waals surface area contributed by atoms with Crippen LogP contribution in [0.25, 0.3) is 0 Å². The summed E-state index contributed by atoms with van der Waals surface area (Å²) in [5.74, 6) is 0. The number of benzene rings is 1. The Morgan fingerprint density at radius 1 is 1.41 bits per heavy atom. The van der Waals surface area contributed by atoms with Crippen LogP contribution in [-0.4, -0.2) is 32.5 Å². The molecule has 0 spiro atoms. The lowest BCUT2D eigenvalue weighted by Gasteiger charge is -2.19. The van der Waals surface area contributed by atoms with Gasteiger partial charge in [0, 0.05) is 0 Å². The Kier molecular flexibility index (Phi) is 3.03. The summed E-state index contributed by atoms with van der Waals surface area (Å²) in [6.45, 7) is -0.0958. The van der Waals surface area contributed by atoms with E-state index >= 15 is 0 Å². The van der Waals surface area contributed by atoms with Crippen LogP contribution in [0.2, 0.25) is 0 Å². The van der Waals surface area contributed by atoms with Gasteiger partial charge in [0.2, 0.25) is 0 Å². The van der Waals surface area contributed by atoms with Crippen molar-refractivity contribution in [3.05, 3.63) is 35.9 Å². The third-order valence-electron chi connectivity index (χ3n) is 2.44. The highest BCUT2D eigenvalue weighted by Crippen LogP contribution is 2.31. The number of nitrogens with zero attached hydrogens (tertiary/aromatic N) is 1. The zero-order chi connectivity index (χ0) is 12.5. The molecule has 1 heterocycles. The van der Waals surface area contributed by atoms with Gasteiger partial charge in [-0.2, -0.15) is 12.7 Å². The topological polar surface area (TPSA) is 72.9 Å². The van der Waals surface area contributed by atoms with Crippen LogP contribution >= 0.6 is 0 Å². The summed E-state index contributed by atoms with van der Waals surface area (Å²) in [6.07, 6.45) is -0.948. The first-order valence-corrected chi connectivity index (χ1v) is 6.24. The molecule has 0 bridgehead atoms. The van der Waals surface area contributed by atoms with Gasteiger partial charge in [-0.1, -0.05) is 30.3 Å². The molecule has 0 N–H and O–H groups in total. The second kappa shape index (κ2) is 4.34. The fraction of sp³-hybridized carbons (Fsp3) is 0.300. The number of methoxy groups -OCH3 is 1. The summed E-state index contributed by atoms with van der Waals surface area (Å²) >= 11 is 0. The third-order valence-corrected chi connectivity index (χ3v) is 3.76. The van der Waals surface area contributed by atoms with Crippen molar-refractivity contribution in [2.75, 3.05) is 13.7 Å². The van der Waals surface area contributed by atoms with Crippen molar-refractivity contribution in [1.82, 2.24) is 4.31 Å². The predicted octanol–water partition coefficient (Wildman–Crippen LogP) is 1.07. The average Bonchev–Trinajstić information content (AvgIpc) is 2.65. The van der Waals surface area contributed by atoms with E-state index in [0.29, 0.717) is 9.87 Å². The molecule has 6 nitrogen and oxygen atoms in total. The molecule has 92 valence electrons. The summed E-state index contributed by atoms with van der Waals surface area (Å²) in [4.78, 5) is 11.5. The summed E-state index contributed by atoms with van der Waals surface area (Å²) in [6, 6.07) is 8.10. The fourth-order valence-electron chi connectivity index (χ4n) is 1.65. The Hall–Kier alpha value is -1.60. The van der Waals surface area contributed by atoms with E-state index in [1.807, 2.05) is 0 Å². The maximum Gasteiger partial charge on any atom is 0.425 e. The molecule has 7 heteroatoms. The lowest BCUT2D eigenvalue weighted by molar-refractivity contribution is 0.142. The van der Waals surface area contributed by atoms with E-state index in [0.717, 1.165) is 7.11 Å². The van der Waals surface area contributed by atoms with E-state index in [2.05, 4.69) is 8.92 Å². The van der Waals surface area contributed by atoms with Gasteiger partial charge >= 0.3 is 16.4 Å². The first kappa shape index (κ1) is 11.9. The standard InChI is InChI=1S/C10H11NO5S/c1-15-10(12)11-9(7-16-17(11,13)14)8-5-3-2-4-6-8/h2-6,9H,7H2,1H3/t9-/m1/s1. The van der Waals surface area contributed by atoms with Gasteiger partial charge in [-0.25, -0.2) is 4.79 Å². The quantitative estimate of drug-likeness (QED) is 0.752. The molecule has 0 saturated carbocycles. The molecule has 0 aliphatic carbocycles. The van der Waals surface area contributed by atoms with Crippen LogP contribution in [0.15, 0.2) is 30.3 Å². The Balaban J connectivity index is 2.39. The molecule has 1 aliphatic heterocycles. The van der Waals surface area contributed by atoms with Crippen LogP contribution in [0.3, 0.4) is 0 Å². The second-order valence-electron chi connectivity index (χ2n) is 3.43. The Morgan fingerprint density at radius 2 is 2.06 bits per heavy atom. The molecule has 1 saturated heterocycles. The smallest absolute Gasteiger partial charge is 0.425 e. The van der Waals surface area contributed by atoms with E-state index in [9.17, 15) is 13.2 Å². The van der Waals surface area contributed by atoms with Crippen LogP contribution in [0.1, 0.15) is 11.6 Å². The summed E-state index contributed by atoms with van der Waals surface area (Å²) < 4.78 is 32.8. The molecule has 1 aromatic rings. The molecule has 1 fully saturated rings. The van der Waals surface area contributed by atoms with Gasteiger partial charge in [-0.15, -0.1) is 0 Å². The Morgan fingerprint density at radius 3 is 2.65 bits per heavy atom. The number of hydrogen-bond acceptors (Lipinski definition) is 5. The van der Waals surface area contributed by atoms with Gasteiger partial charge in [0.15, 0.2) is 0 Å². The van der Waals surface area contributed by atoms with E-state index < -0.39 is 22.4 Å². The largest absolute Gasteiger partial charge is 0.452 e. The zero-order valence-electron chi connectivity index (χ0n) is 9.07. The highest BCUT2D eigenvalue weighted by atomic mass is 32.2. The first-order valence-electron chi connectivity index (χ1n) is 4.88. The average molecular weight is 257 g/mol. The zero-order valence-corrected chi connectivity index (χ0v) is 9.88. The highest BCUT2D eigenvalue weighted by Gasteiger charge is 2.44. The normalized spacial score (nSPS) is 22.4. The van der Waals surface area contributed by atoms with Crippen molar-refractivity contribution in [2.45, 2.75) is 6.04 Å². The molecule has 0 unspecified atom stereocenters. The minimum absolute atomic E-state index is 0.0958. The van der Waals surface area contributed by atoms with E-state index in [1.165, 1.54) is 0 Å². The summed E-state index contributed by atoms with van der Waals surface area (Å²) in [5.41, 5.74) is 0.680. The van der Waals surface area contributed by atoms with Crippen LogP contribution < -0.4 is 0 Å². The number of ether oxygens (including phenoxy) is 1. The van der Waals surface area contributed by atoms with Crippen molar-refractivity contribution in [3.8, 4) is 0 Å². The molecular weight excluding hydrogens is 246 g/mol. The SMILES string of the molecule is COC(=O)N1[C@@H](c2ccccc2)COS1(=O)=O.